The number of rotatable bonds is 2. The summed E-state index contributed by atoms with van der Waals surface area (Å²) in [7, 11) is 0. The predicted octanol–water partition coefficient (Wildman–Crippen LogP) is 2.89. The summed E-state index contributed by atoms with van der Waals surface area (Å²) in [5, 5.41) is 3.41. The van der Waals surface area contributed by atoms with Gasteiger partial charge < -0.3 is 5.32 Å². The van der Waals surface area contributed by atoms with Gasteiger partial charge in [-0.2, -0.15) is 0 Å². The molecule has 0 aromatic carbocycles. The number of thioether (sulfide) groups is 1. The molecule has 1 N–H and O–H groups in total. The van der Waals surface area contributed by atoms with Gasteiger partial charge in [-0.25, -0.2) is 8.78 Å². The minimum atomic E-state index is -2.30. The third-order valence-electron chi connectivity index (χ3n) is 3.39. The van der Waals surface area contributed by atoms with Gasteiger partial charge in [-0.05, 0) is 18.3 Å². The summed E-state index contributed by atoms with van der Waals surface area (Å²) in [6.45, 7) is 0.546. The molecule has 1 aliphatic heterocycles. The van der Waals surface area contributed by atoms with Crippen LogP contribution in [0.1, 0.15) is 32.1 Å². The van der Waals surface area contributed by atoms with Crippen LogP contribution in [-0.4, -0.2) is 30.4 Å². The number of nitrogens with zero attached hydrogens (tertiary/aromatic N) is 1. The summed E-state index contributed by atoms with van der Waals surface area (Å²) in [5.41, 5.74) is 0.374. The van der Waals surface area contributed by atoms with Gasteiger partial charge in [-0.3, -0.25) is 4.99 Å². The lowest BCUT2D eigenvalue weighted by atomic mass is 9.75. The molecule has 0 saturated heterocycles. The van der Waals surface area contributed by atoms with Gasteiger partial charge in [-0.1, -0.05) is 31.0 Å². The van der Waals surface area contributed by atoms with Crippen LogP contribution < -0.4 is 5.32 Å². The van der Waals surface area contributed by atoms with Crippen molar-refractivity contribution < 1.29 is 8.78 Å². The van der Waals surface area contributed by atoms with Crippen LogP contribution in [-0.2, 0) is 0 Å². The first-order chi connectivity index (χ1) is 7.70. The summed E-state index contributed by atoms with van der Waals surface area (Å²) >= 11 is 1.62. The molecule has 0 aromatic heterocycles. The standard InChI is InChI=1S/C11H18F2N2S/c12-9(13)6-14-10-15-7-11(8-16-10)4-2-1-3-5-11/h9H,1-8H2,(H,14,15). The third kappa shape index (κ3) is 3.09. The molecule has 1 spiro atoms. The molecule has 92 valence electrons. The van der Waals surface area contributed by atoms with E-state index < -0.39 is 6.43 Å². The fourth-order valence-electron chi connectivity index (χ4n) is 2.43. The lowest BCUT2D eigenvalue weighted by Crippen LogP contribution is -2.37. The molecule has 0 unspecified atom stereocenters. The summed E-state index contributed by atoms with van der Waals surface area (Å²) in [6.07, 6.45) is 4.16. The van der Waals surface area contributed by atoms with E-state index in [1.165, 1.54) is 32.1 Å². The number of amidine groups is 1. The molecule has 0 aromatic rings. The van der Waals surface area contributed by atoms with Gasteiger partial charge in [0.25, 0.3) is 6.43 Å². The maximum atomic E-state index is 12.0. The van der Waals surface area contributed by atoms with E-state index in [4.69, 9.17) is 0 Å². The molecule has 1 heterocycles. The number of halogens is 2. The molecule has 0 atom stereocenters. The Bertz CT molecular complexity index is 263. The topological polar surface area (TPSA) is 24.4 Å². The van der Waals surface area contributed by atoms with Crippen LogP contribution in [0.15, 0.2) is 4.99 Å². The molecule has 0 bridgehead atoms. The third-order valence-corrected chi connectivity index (χ3v) is 4.70. The maximum Gasteiger partial charge on any atom is 0.255 e. The zero-order valence-corrected chi connectivity index (χ0v) is 10.2. The van der Waals surface area contributed by atoms with Gasteiger partial charge in [-0.15, -0.1) is 0 Å². The van der Waals surface area contributed by atoms with Gasteiger partial charge in [0.05, 0.1) is 6.54 Å². The Hall–Kier alpha value is -0.320. The normalized spacial score (nSPS) is 24.6. The average molecular weight is 248 g/mol. The second kappa shape index (κ2) is 5.34. The monoisotopic (exact) mass is 248 g/mol. The second-order valence-electron chi connectivity index (χ2n) is 4.74. The number of aliphatic imine (C=N–C) groups is 1. The van der Waals surface area contributed by atoms with E-state index in [0.717, 1.165) is 12.3 Å². The van der Waals surface area contributed by atoms with Crippen molar-refractivity contribution in [3.63, 3.8) is 0 Å². The zero-order chi connectivity index (χ0) is 11.4. The van der Waals surface area contributed by atoms with Gasteiger partial charge >= 0.3 is 0 Å². The molecule has 5 heteroatoms. The highest BCUT2D eigenvalue weighted by atomic mass is 32.2. The quantitative estimate of drug-likeness (QED) is 0.812. The smallest absolute Gasteiger partial charge is 0.255 e. The predicted molar refractivity (Wildman–Crippen MR) is 64.3 cm³/mol. The molecule has 2 nitrogen and oxygen atoms in total. The Morgan fingerprint density at radius 3 is 2.62 bits per heavy atom. The number of nitrogens with one attached hydrogen (secondary N) is 1. The number of alkyl halides is 2. The SMILES string of the molecule is FC(F)CNC1=NCC2(CCCCC2)CS1. The number of hydrogen-bond donors (Lipinski definition) is 1. The van der Waals surface area contributed by atoms with Crippen molar-refractivity contribution in [2.45, 2.75) is 38.5 Å². The molecule has 1 aliphatic carbocycles. The van der Waals surface area contributed by atoms with Crippen molar-refractivity contribution in [3.8, 4) is 0 Å². The lowest BCUT2D eigenvalue weighted by molar-refractivity contribution is 0.152. The Kier molecular flexibility index (Phi) is 4.05. The Morgan fingerprint density at radius 2 is 2.06 bits per heavy atom. The fraction of sp³-hybridized carbons (Fsp3) is 0.909. The Balaban J connectivity index is 1.83. The van der Waals surface area contributed by atoms with Crippen LogP contribution in [0.25, 0.3) is 0 Å². The summed E-state index contributed by atoms with van der Waals surface area (Å²) in [6, 6.07) is 0. The molecular formula is C11H18F2N2S. The molecule has 1 saturated carbocycles. The molecule has 0 amide bonds. The van der Waals surface area contributed by atoms with Gasteiger partial charge in [0, 0.05) is 12.3 Å². The van der Waals surface area contributed by atoms with Crippen molar-refractivity contribution in [1.82, 2.24) is 5.32 Å². The van der Waals surface area contributed by atoms with Crippen LogP contribution in [0, 0.1) is 5.41 Å². The van der Waals surface area contributed by atoms with E-state index in [1.807, 2.05) is 0 Å². The van der Waals surface area contributed by atoms with E-state index in [9.17, 15) is 8.78 Å². The second-order valence-corrected chi connectivity index (χ2v) is 5.71. The van der Waals surface area contributed by atoms with E-state index >= 15 is 0 Å². The first-order valence-corrected chi connectivity index (χ1v) is 6.88. The molecular weight excluding hydrogens is 230 g/mol. The number of hydrogen-bond acceptors (Lipinski definition) is 3. The molecule has 16 heavy (non-hydrogen) atoms. The highest BCUT2D eigenvalue weighted by molar-refractivity contribution is 8.13. The average Bonchev–Trinajstić information content (AvgIpc) is 2.29. The molecule has 1 fully saturated rings. The molecule has 0 radical (unpaired) electrons. The van der Waals surface area contributed by atoms with Gasteiger partial charge in [0.2, 0.25) is 0 Å². The fourth-order valence-corrected chi connectivity index (χ4v) is 3.59. The van der Waals surface area contributed by atoms with Crippen LogP contribution in [0.4, 0.5) is 8.78 Å². The lowest BCUT2D eigenvalue weighted by Gasteiger charge is -2.38. The van der Waals surface area contributed by atoms with Crippen LogP contribution in [0.2, 0.25) is 0 Å². The van der Waals surface area contributed by atoms with Crippen LogP contribution >= 0.6 is 11.8 Å². The minimum absolute atomic E-state index is 0.279. The van der Waals surface area contributed by atoms with E-state index in [1.54, 1.807) is 11.8 Å². The zero-order valence-electron chi connectivity index (χ0n) is 9.35. The summed E-state index contributed by atoms with van der Waals surface area (Å²) < 4.78 is 24.0. The van der Waals surface area contributed by atoms with Crippen molar-refractivity contribution >= 4 is 16.9 Å². The largest absolute Gasteiger partial charge is 0.359 e. The van der Waals surface area contributed by atoms with E-state index in [-0.39, 0.29) is 6.54 Å². The van der Waals surface area contributed by atoms with Gasteiger partial charge in [0.1, 0.15) is 0 Å². The van der Waals surface area contributed by atoms with Crippen molar-refractivity contribution in [1.29, 1.82) is 0 Å². The van der Waals surface area contributed by atoms with Crippen LogP contribution in [0.3, 0.4) is 0 Å². The molecule has 2 aliphatic rings. The summed E-state index contributed by atoms with van der Waals surface area (Å²) in [4.78, 5) is 4.41. The van der Waals surface area contributed by atoms with Crippen molar-refractivity contribution in [2.75, 3.05) is 18.8 Å². The van der Waals surface area contributed by atoms with Crippen LogP contribution in [0.5, 0.6) is 0 Å². The van der Waals surface area contributed by atoms with E-state index in [0.29, 0.717) is 10.6 Å². The Morgan fingerprint density at radius 1 is 1.31 bits per heavy atom. The first kappa shape index (κ1) is 12.1. The maximum absolute atomic E-state index is 12.0. The highest BCUT2D eigenvalue weighted by Crippen LogP contribution is 2.41. The highest BCUT2D eigenvalue weighted by Gasteiger charge is 2.34. The van der Waals surface area contributed by atoms with E-state index in [2.05, 4.69) is 10.3 Å². The first-order valence-electron chi connectivity index (χ1n) is 5.90. The summed E-state index contributed by atoms with van der Waals surface area (Å²) in [5.74, 6) is 1.04. The Labute approximate surface area is 99.3 Å². The molecule has 2 rings (SSSR count). The van der Waals surface area contributed by atoms with Gasteiger partial charge in [0.15, 0.2) is 5.17 Å². The van der Waals surface area contributed by atoms with Crippen molar-refractivity contribution in [3.05, 3.63) is 0 Å². The van der Waals surface area contributed by atoms with Crippen molar-refractivity contribution in [2.24, 2.45) is 10.4 Å². The minimum Gasteiger partial charge on any atom is -0.359 e.